The van der Waals surface area contributed by atoms with Crippen molar-refractivity contribution in [1.82, 2.24) is 9.88 Å². The SMILES string of the molecule is CC(C)Oc1cccc(C(=O)N2CC3CCC(N)C3C2)n1.Cl. The first-order chi connectivity index (χ1) is 10.0. The fourth-order valence-electron chi connectivity index (χ4n) is 3.48. The van der Waals surface area contributed by atoms with Crippen LogP contribution in [-0.2, 0) is 0 Å². The van der Waals surface area contributed by atoms with Gasteiger partial charge in [0.15, 0.2) is 0 Å². The van der Waals surface area contributed by atoms with Crippen molar-refractivity contribution >= 4 is 18.3 Å². The molecule has 3 unspecified atom stereocenters. The third kappa shape index (κ3) is 3.36. The standard InChI is InChI=1S/C16H23N3O2.ClH/c1-10(2)21-15-5-3-4-14(18-15)16(20)19-8-11-6-7-13(17)12(11)9-19;/h3-5,10-13H,6-9,17H2,1-2H3;1H. The average molecular weight is 326 g/mol. The van der Waals surface area contributed by atoms with E-state index < -0.39 is 0 Å². The van der Waals surface area contributed by atoms with Gasteiger partial charge in [0, 0.05) is 25.2 Å². The number of nitrogens with two attached hydrogens (primary N) is 1. The Kier molecular flexibility index (Phi) is 5.29. The minimum absolute atomic E-state index is 0. The molecule has 1 amide bonds. The Hall–Kier alpha value is -1.33. The van der Waals surface area contributed by atoms with E-state index in [1.54, 1.807) is 12.1 Å². The van der Waals surface area contributed by atoms with Crippen LogP contribution in [0.15, 0.2) is 18.2 Å². The second-order valence-corrected chi connectivity index (χ2v) is 6.40. The highest BCUT2D eigenvalue weighted by Gasteiger charge is 2.42. The van der Waals surface area contributed by atoms with Crippen LogP contribution in [0.1, 0.15) is 37.2 Å². The maximum absolute atomic E-state index is 12.6. The summed E-state index contributed by atoms with van der Waals surface area (Å²) in [5.41, 5.74) is 6.59. The lowest BCUT2D eigenvalue weighted by molar-refractivity contribution is 0.0772. The van der Waals surface area contributed by atoms with Crippen LogP contribution in [0.5, 0.6) is 5.88 Å². The summed E-state index contributed by atoms with van der Waals surface area (Å²) in [6.45, 7) is 5.47. The lowest BCUT2D eigenvalue weighted by atomic mass is 9.98. The molecule has 122 valence electrons. The molecular formula is C16H24ClN3O2. The quantitative estimate of drug-likeness (QED) is 0.924. The van der Waals surface area contributed by atoms with Crippen molar-refractivity contribution in [3.8, 4) is 5.88 Å². The molecule has 1 saturated heterocycles. The zero-order chi connectivity index (χ0) is 15.0. The highest BCUT2D eigenvalue weighted by molar-refractivity contribution is 5.92. The Morgan fingerprint density at radius 3 is 2.82 bits per heavy atom. The Morgan fingerprint density at radius 1 is 1.36 bits per heavy atom. The third-order valence-electron chi connectivity index (χ3n) is 4.50. The van der Waals surface area contributed by atoms with E-state index in [1.165, 1.54) is 0 Å². The van der Waals surface area contributed by atoms with Crippen molar-refractivity contribution < 1.29 is 9.53 Å². The van der Waals surface area contributed by atoms with Crippen LogP contribution in [0.4, 0.5) is 0 Å². The number of halogens is 1. The largest absolute Gasteiger partial charge is 0.475 e. The fourth-order valence-corrected chi connectivity index (χ4v) is 3.48. The van der Waals surface area contributed by atoms with E-state index in [0.717, 1.165) is 25.9 Å². The number of hydrogen-bond acceptors (Lipinski definition) is 4. The van der Waals surface area contributed by atoms with Crippen molar-refractivity contribution in [2.45, 2.75) is 38.8 Å². The molecule has 1 saturated carbocycles. The molecule has 2 heterocycles. The van der Waals surface area contributed by atoms with Crippen LogP contribution in [0.25, 0.3) is 0 Å². The number of hydrogen-bond donors (Lipinski definition) is 1. The minimum Gasteiger partial charge on any atom is -0.475 e. The maximum Gasteiger partial charge on any atom is 0.272 e. The summed E-state index contributed by atoms with van der Waals surface area (Å²) in [5, 5.41) is 0. The topological polar surface area (TPSA) is 68.5 Å². The monoisotopic (exact) mass is 325 g/mol. The number of nitrogens with zero attached hydrogens (tertiary/aromatic N) is 2. The molecule has 1 aliphatic carbocycles. The maximum atomic E-state index is 12.6. The molecule has 3 rings (SSSR count). The molecule has 6 heteroatoms. The number of ether oxygens (including phenoxy) is 1. The van der Waals surface area contributed by atoms with Gasteiger partial charge in [-0.25, -0.2) is 4.98 Å². The van der Waals surface area contributed by atoms with Crippen LogP contribution in [0.3, 0.4) is 0 Å². The van der Waals surface area contributed by atoms with Gasteiger partial charge in [-0.05, 0) is 44.6 Å². The van der Waals surface area contributed by atoms with E-state index in [2.05, 4.69) is 4.98 Å². The number of rotatable bonds is 3. The minimum atomic E-state index is -0.00851. The summed E-state index contributed by atoms with van der Waals surface area (Å²) in [4.78, 5) is 18.8. The van der Waals surface area contributed by atoms with Crippen LogP contribution < -0.4 is 10.5 Å². The van der Waals surface area contributed by atoms with Crippen LogP contribution >= 0.6 is 12.4 Å². The van der Waals surface area contributed by atoms with Crippen molar-refractivity contribution in [2.24, 2.45) is 17.6 Å². The molecule has 2 aliphatic rings. The van der Waals surface area contributed by atoms with Crippen LogP contribution in [0.2, 0.25) is 0 Å². The molecule has 2 N–H and O–H groups in total. The molecule has 0 radical (unpaired) electrons. The van der Waals surface area contributed by atoms with Crippen molar-refractivity contribution in [3.05, 3.63) is 23.9 Å². The number of aromatic nitrogens is 1. The Bertz CT molecular complexity index is 538. The summed E-state index contributed by atoms with van der Waals surface area (Å²) in [6.07, 6.45) is 2.28. The smallest absolute Gasteiger partial charge is 0.272 e. The number of likely N-dealkylation sites (tertiary alicyclic amines) is 1. The number of fused-ring (bicyclic) bond motifs is 1. The molecule has 1 aromatic heterocycles. The highest BCUT2D eigenvalue weighted by atomic mass is 35.5. The second-order valence-electron chi connectivity index (χ2n) is 6.40. The van der Waals surface area contributed by atoms with Gasteiger partial charge in [0.2, 0.25) is 5.88 Å². The van der Waals surface area contributed by atoms with Gasteiger partial charge in [-0.1, -0.05) is 6.07 Å². The molecule has 1 aromatic rings. The number of pyridine rings is 1. The molecule has 22 heavy (non-hydrogen) atoms. The average Bonchev–Trinajstić information content (AvgIpc) is 3.00. The van der Waals surface area contributed by atoms with E-state index in [-0.39, 0.29) is 30.5 Å². The molecule has 0 bridgehead atoms. The van der Waals surface area contributed by atoms with Gasteiger partial charge in [-0.3, -0.25) is 4.79 Å². The molecule has 3 atom stereocenters. The second kappa shape index (κ2) is 6.84. The molecule has 0 aromatic carbocycles. The summed E-state index contributed by atoms with van der Waals surface area (Å²) < 4.78 is 5.56. The van der Waals surface area contributed by atoms with E-state index in [1.807, 2.05) is 24.8 Å². The first kappa shape index (κ1) is 17.0. The first-order valence-corrected chi connectivity index (χ1v) is 7.73. The zero-order valence-corrected chi connectivity index (χ0v) is 13.9. The molecule has 5 nitrogen and oxygen atoms in total. The van der Waals surface area contributed by atoms with Crippen molar-refractivity contribution in [3.63, 3.8) is 0 Å². The lowest BCUT2D eigenvalue weighted by Crippen LogP contribution is -2.33. The summed E-state index contributed by atoms with van der Waals surface area (Å²) in [6, 6.07) is 5.60. The Morgan fingerprint density at radius 2 is 2.14 bits per heavy atom. The van der Waals surface area contributed by atoms with E-state index in [0.29, 0.717) is 23.4 Å². The summed E-state index contributed by atoms with van der Waals surface area (Å²) >= 11 is 0. The lowest BCUT2D eigenvalue weighted by Gasteiger charge is -2.18. The van der Waals surface area contributed by atoms with Crippen LogP contribution in [0, 0.1) is 11.8 Å². The molecule has 0 spiro atoms. The van der Waals surface area contributed by atoms with E-state index >= 15 is 0 Å². The Balaban J connectivity index is 0.00000176. The summed E-state index contributed by atoms with van der Waals surface area (Å²) in [5.74, 6) is 1.53. The molecule has 1 aliphatic heterocycles. The van der Waals surface area contributed by atoms with E-state index in [4.69, 9.17) is 10.5 Å². The van der Waals surface area contributed by atoms with Gasteiger partial charge in [0.25, 0.3) is 5.91 Å². The van der Waals surface area contributed by atoms with Crippen LogP contribution in [-0.4, -0.2) is 41.0 Å². The first-order valence-electron chi connectivity index (χ1n) is 7.73. The fraction of sp³-hybridized carbons (Fsp3) is 0.625. The van der Waals surface area contributed by atoms with Gasteiger partial charge in [0.05, 0.1) is 6.10 Å². The predicted molar refractivity (Wildman–Crippen MR) is 87.3 cm³/mol. The third-order valence-corrected chi connectivity index (χ3v) is 4.50. The normalized spacial score (nSPS) is 26.7. The number of carbonyl (C=O) groups is 1. The molecular weight excluding hydrogens is 302 g/mol. The van der Waals surface area contributed by atoms with E-state index in [9.17, 15) is 4.79 Å². The van der Waals surface area contributed by atoms with Gasteiger partial charge < -0.3 is 15.4 Å². The van der Waals surface area contributed by atoms with Gasteiger partial charge in [-0.15, -0.1) is 12.4 Å². The van der Waals surface area contributed by atoms with Gasteiger partial charge in [0.1, 0.15) is 5.69 Å². The number of amides is 1. The zero-order valence-electron chi connectivity index (χ0n) is 13.1. The van der Waals surface area contributed by atoms with Gasteiger partial charge >= 0.3 is 0 Å². The predicted octanol–water partition coefficient (Wildman–Crippen LogP) is 2.10. The summed E-state index contributed by atoms with van der Waals surface area (Å²) in [7, 11) is 0. The van der Waals surface area contributed by atoms with Crippen molar-refractivity contribution in [1.29, 1.82) is 0 Å². The van der Waals surface area contributed by atoms with Crippen molar-refractivity contribution in [2.75, 3.05) is 13.1 Å². The Labute approximate surface area is 137 Å². The molecule has 2 fully saturated rings. The number of carbonyl (C=O) groups excluding carboxylic acids is 1. The highest BCUT2D eigenvalue weighted by Crippen LogP contribution is 2.37. The van der Waals surface area contributed by atoms with Gasteiger partial charge in [-0.2, -0.15) is 0 Å².